The Morgan fingerprint density at radius 2 is 1.54 bits per heavy atom. The van der Waals surface area contributed by atoms with Crippen LogP contribution in [-0.4, -0.2) is 90.3 Å². The number of ether oxygens (including phenoxy) is 4. The molecule has 1 spiro atoms. The van der Waals surface area contributed by atoms with E-state index in [9.17, 15) is 29.7 Å². The van der Waals surface area contributed by atoms with Crippen LogP contribution in [0.1, 0.15) is 52.4 Å². The zero-order valence-corrected chi connectivity index (χ0v) is 30.4. The van der Waals surface area contributed by atoms with Gasteiger partial charge in [-0.3, -0.25) is 19.3 Å². The Morgan fingerprint density at radius 1 is 0.821 bits per heavy atom. The van der Waals surface area contributed by atoms with Gasteiger partial charge in [0.2, 0.25) is 5.91 Å². The number of aliphatic hydroxyl groups is 2. The number of carboxylic acids is 1. The number of imide groups is 1. The molecule has 0 saturated carbocycles. The number of aliphatic carboxylic acids is 1. The molecular formula is C43H40N2O11. The van der Waals surface area contributed by atoms with Gasteiger partial charge >= 0.3 is 18.0 Å². The lowest BCUT2D eigenvalue weighted by Gasteiger charge is -2.46. The molecule has 4 aromatic rings. The largest absolute Gasteiger partial charge is 0.491 e. The summed E-state index contributed by atoms with van der Waals surface area (Å²) >= 11 is 0. The molecule has 4 aromatic carbocycles. The van der Waals surface area contributed by atoms with E-state index < -0.39 is 59.5 Å². The third-order valence-corrected chi connectivity index (χ3v) is 10.4. The summed E-state index contributed by atoms with van der Waals surface area (Å²) < 4.78 is 22.7. The second-order valence-corrected chi connectivity index (χ2v) is 13.5. The van der Waals surface area contributed by atoms with Gasteiger partial charge in [-0.1, -0.05) is 84.6 Å². The van der Waals surface area contributed by atoms with Crippen LogP contribution in [0.15, 0.2) is 103 Å². The molecule has 2 saturated heterocycles. The van der Waals surface area contributed by atoms with Gasteiger partial charge < -0.3 is 34.3 Å². The lowest BCUT2D eigenvalue weighted by Crippen LogP contribution is -2.53. The highest BCUT2D eigenvalue weighted by molar-refractivity contribution is 6.23. The van der Waals surface area contributed by atoms with Crippen molar-refractivity contribution in [2.45, 2.75) is 36.1 Å². The maximum absolute atomic E-state index is 15.7. The molecule has 2 fully saturated rings. The standard InChI is InChI=1S/C43H40N2O11/c1-53-23-24-55-42(52)44-33-19-18-27(11-8-9-20-46)25-32(33)43(41(44)51)34(39(48)49)36-40(50)56-37(29-14-6-3-7-15-29)35(28-12-4-2-5-13-28)45(36)38(43)30-16-10-17-31(26-30)54-22-21-47/h2-7,10,12-19,25-26,34-38,46-47H,9,20-24H2,1H3,(H,48,49)/t34-,35-,36-,37+,38+,43-/m1/s1. The van der Waals surface area contributed by atoms with E-state index in [1.54, 1.807) is 41.3 Å². The van der Waals surface area contributed by atoms with E-state index in [1.807, 2.05) is 60.7 Å². The number of hydrogen-bond donors (Lipinski definition) is 3. The third-order valence-electron chi connectivity index (χ3n) is 10.4. The number of fused-ring (bicyclic) bond motifs is 3. The maximum Gasteiger partial charge on any atom is 0.421 e. The molecule has 7 rings (SSSR count). The molecule has 3 aliphatic heterocycles. The van der Waals surface area contributed by atoms with E-state index in [2.05, 4.69) is 11.8 Å². The molecule has 6 atom stereocenters. The number of aliphatic hydroxyl groups excluding tert-OH is 2. The molecule has 0 unspecified atom stereocenters. The smallest absolute Gasteiger partial charge is 0.421 e. The van der Waals surface area contributed by atoms with E-state index in [0.717, 1.165) is 4.90 Å². The normalized spacial score (nSPS) is 23.8. The predicted octanol–water partition coefficient (Wildman–Crippen LogP) is 4.32. The van der Waals surface area contributed by atoms with E-state index in [1.165, 1.54) is 13.2 Å². The van der Waals surface area contributed by atoms with Gasteiger partial charge in [-0.05, 0) is 52.6 Å². The van der Waals surface area contributed by atoms with Crippen molar-refractivity contribution in [3.63, 3.8) is 0 Å². The lowest BCUT2D eigenvalue weighted by molar-refractivity contribution is -0.179. The number of esters is 1. The highest BCUT2D eigenvalue weighted by Crippen LogP contribution is 2.66. The van der Waals surface area contributed by atoms with Crippen LogP contribution in [-0.2, 0) is 34.0 Å². The minimum atomic E-state index is -2.17. The van der Waals surface area contributed by atoms with Crippen molar-refractivity contribution < 1.29 is 53.4 Å². The molecule has 13 nitrogen and oxygen atoms in total. The SMILES string of the molecule is COCCOC(=O)N1C(=O)[C@@]2(c3cc(C#CCCO)ccc31)[C@H](c1cccc(OCCO)c1)N1[C@H](c3ccccc3)[C@H](c3ccccc3)OC(=O)[C@H]1[C@@H]2C(=O)O. The topological polar surface area (TPSA) is 172 Å². The number of anilines is 1. The van der Waals surface area contributed by atoms with Gasteiger partial charge in [0.1, 0.15) is 42.4 Å². The summed E-state index contributed by atoms with van der Waals surface area (Å²) in [5.74, 6) is 1.12. The molecule has 13 heteroatoms. The molecular weight excluding hydrogens is 720 g/mol. The fourth-order valence-electron chi connectivity index (χ4n) is 8.38. The van der Waals surface area contributed by atoms with Crippen LogP contribution in [0.25, 0.3) is 0 Å². The number of morpholine rings is 1. The fraction of sp³-hybridized carbons (Fsp3) is 0.302. The zero-order valence-electron chi connectivity index (χ0n) is 30.4. The summed E-state index contributed by atoms with van der Waals surface area (Å²) in [7, 11) is 1.43. The van der Waals surface area contributed by atoms with Crippen molar-refractivity contribution in [3.8, 4) is 17.6 Å². The van der Waals surface area contributed by atoms with Crippen LogP contribution < -0.4 is 9.64 Å². The molecule has 3 N–H and O–H groups in total. The third kappa shape index (κ3) is 6.56. The Bertz CT molecular complexity index is 2170. The summed E-state index contributed by atoms with van der Waals surface area (Å²) in [6.07, 6.45) is -1.85. The molecule has 0 aliphatic carbocycles. The van der Waals surface area contributed by atoms with Gasteiger partial charge in [0.25, 0.3) is 0 Å². The monoisotopic (exact) mass is 760 g/mol. The Kier molecular flexibility index (Phi) is 11.2. The van der Waals surface area contributed by atoms with Crippen LogP contribution in [0.2, 0.25) is 0 Å². The van der Waals surface area contributed by atoms with E-state index in [-0.39, 0.29) is 50.7 Å². The van der Waals surface area contributed by atoms with Gasteiger partial charge in [-0.2, -0.15) is 0 Å². The molecule has 0 aromatic heterocycles. The average Bonchev–Trinajstić information content (AvgIpc) is 3.67. The lowest BCUT2D eigenvalue weighted by atomic mass is 9.65. The second kappa shape index (κ2) is 16.4. The zero-order chi connectivity index (χ0) is 39.4. The summed E-state index contributed by atoms with van der Waals surface area (Å²) in [4.78, 5) is 60.9. The highest BCUT2D eigenvalue weighted by Gasteiger charge is 2.76. The summed E-state index contributed by atoms with van der Waals surface area (Å²) in [5, 5.41) is 30.4. The van der Waals surface area contributed by atoms with E-state index in [4.69, 9.17) is 18.9 Å². The van der Waals surface area contributed by atoms with Crippen molar-refractivity contribution in [1.29, 1.82) is 0 Å². The minimum absolute atomic E-state index is 0.0352. The maximum atomic E-state index is 15.7. The van der Waals surface area contributed by atoms with Crippen molar-refractivity contribution in [1.82, 2.24) is 4.90 Å². The number of carboxylic acid groups (broad SMARTS) is 1. The summed E-state index contributed by atoms with van der Waals surface area (Å²) in [5.41, 5.74) is 0.155. The molecule has 0 radical (unpaired) electrons. The predicted molar refractivity (Wildman–Crippen MR) is 200 cm³/mol. The first-order valence-electron chi connectivity index (χ1n) is 18.2. The van der Waals surface area contributed by atoms with Crippen molar-refractivity contribution >= 4 is 29.6 Å². The van der Waals surface area contributed by atoms with Crippen LogP contribution in [0, 0.1) is 17.8 Å². The molecule has 288 valence electrons. The number of hydrogen-bond acceptors (Lipinski definition) is 11. The van der Waals surface area contributed by atoms with E-state index >= 15 is 4.79 Å². The number of carbonyl (C=O) groups is 4. The molecule has 3 aliphatic rings. The number of methoxy groups -OCH3 is 1. The van der Waals surface area contributed by atoms with Gasteiger partial charge in [-0.25, -0.2) is 9.69 Å². The molecule has 0 bridgehead atoms. The Balaban J connectivity index is 1.56. The Morgan fingerprint density at radius 3 is 2.21 bits per heavy atom. The first-order valence-corrected chi connectivity index (χ1v) is 18.2. The van der Waals surface area contributed by atoms with E-state index in [0.29, 0.717) is 28.0 Å². The van der Waals surface area contributed by atoms with Crippen molar-refractivity contribution in [3.05, 3.63) is 131 Å². The number of rotatable bonds is 11. The first-order chi connectivity index (χ1) is 27.3. The van der Waals surface area contributed by atoms with Gasteiger partial charge in [0, 0.05) is 19.1 Å². The van der Waals surface area contributed by atoms with Crippen LogP contribution in [0.4, 0.5) is 10.5 Å². The fourth-order valence-corrected chi connectivity index (χ4v) is 8.38. The number of nitrogens with zero attached hydrogens (tertiary/aromatic N) is 2. The summed E-state index contributed by atoms with van der Waals surface area (Å²) in [6.45, 7) is -0.677. The van der Waals surface area contributed by atoms with Crippen LogP contribution in [0.3, 0.4) is 0 Å². The Hall–Kier alpha value is -6.04. The van der Waals surface area contributed by atoms with Crippen molar-refractivity contribution in [2.24, 2.45) is 5.92 Å². The second-order valence-electron chi connectivity index (χ2n) is 13.5. The molecule has 56 heavy (non-hydrogen) atoms. The Labute approximate surface area is 323 Å². The number of amides is 2. The molecule has 2 amide bonds. The van der Waals surface area contributed by atoms with Gasteiger partial charge in [0.15, 0.2) is 0 Å². The van der Waals surface area contributed by atoms with Gasteiger partial charge in [0.05, 0.1) is 37.6 Å². The highest BCUT2D eigenvalue weighted by atomic mass is 16.6. The summed E-state index contributed by atoms with van der Waals surface area (Å²) in [6, 6.07) is 26.0. The van der Waals surface area contributed by atoms with Crippen LogP contribution >= 0.6 is 0 Å². The number of benzene rings is 4. The average molecular weight is 761 g/mol. The van der Waals surface area contributed by atoms with Crippen molar-refractivity contribution in [2.75, 3.05) is 45.0 Å². The number of carbonyl (C=O) groups excluding carboxylic acids is 3. The molecule has 3 heterocycles. The first kappa shape index (κ1) is 38.2. The quantitative estimate of drug-likeness (QED) is 0.113. The minimum Gasteiger partial charge on any atom is -0.491 e. The number of cyclic esters (lactones) is 1. The van der Waals surface area contributed by atoms with Crippen LogP contribution in [0.5, 0.6) is 5.75 Å². The van der Waals surface area contributed by atoms with Gasteiger partial charge in [-0.15, -0.1) is 0 Å².